The first kappa shape index (κ1) is 26.2. The number of hydrogen-bond acceptors (Lipinski definition) is 8. The Morgan fingerprint density at radius 2 is 1.82 bits per heavy atom. The molecule has 0 unspecified atom stereocenters. The van der Waals surface area contributed by atoms with Crippen LogP contribution in [-0.4, -0.2) is 82.3 Å². The number of nitrogens with zero attached hydrogens (tertiary/aromatic N) is 6. The van der Waals surface area contributed by atoms with Crippen LogP contribution in [0.3, 0.4) is 0 Å². The van der Waals surface area contributed by atoms with Crippen molar-refractivity contribution in [3.05, 3.63) is 35.5 Å². The summed E-state index contributed by atoms with van der Waals surface area (Å²) in [5.74, 6) is 1.81. The smallest absolute Gasteiger partial charge is 0.410 e. The van der Waals surface area contributed by atoms with Crippen molar-refractivity contribution in [1.29, 1.82) is 0 Å². The molecule has 1 atom stereocenters. The molecule has 1 aromatic carbocycles. The Hall–Kier alpha value is -3.40. The number of rotatable bonds is 4. The Labute approximate surface area is 223 Å². The first-order valence-electron chi connectivity index (χ1n) is 13.4. The van der Waals surface area contributed by atoms with Crippen molar-refractivity contribution in [3.8, 4) is 11.8 Å². The average molecular weight is 523 g/mol. The van der Waals surface area contributed by atoms with Gasteiger partial charge in [0, 0.05) is 37.6 Å². The first-order valence-corrected chi connectivity index (χ1v) is 13.4. The van der Waals surface area contributed by atoms with Crippen LogP contribution >= 0.6 is 0 Å². The lowest BCUT2D eigenvalue weighted by molar-refractivity contribution is 0.0204. The summed E-state index contributed by atoms with van der Waals surface area (Å²) in [4.78, 5) is 25.8. The summed E-state index contributed by atoms with van der Waals surface area (Å²) in [6, 6.07) is 6.70. The van der Waals surface area contributed by atoms with Crippen molar-refractivity contribution >= 4 is 22.8 Å². The van der Waals surface area contributed by atoms with E-state index in [-0.39, 0.29) is 12.2 Å². The van der Waals surface area contributed by atoms with E-state index in [2.05, 4.69) is 40.8 Å². The number of fused-ring (bicyclic) bond motifs is 1. The zero-order valence-electron chi connectivity index (χ0n) is 23.2. The number of aromatic nitrogens is 4. The van der Waals surface area contributed by atoms with E-state index in [0.29, 0.717) is 37.4 Å². The molecule has 10 heteroatoms. The third kappa shape index (κ3) is 5.55. The number of ether oxygens (including phenoxy) is 3. The van der Waals surface area contributed by atoms with Crippen LogP contribution in [0.1, 0.15) is 57.6 Å². The molecule has 2 aliphatic heterocycles. The van der Waals surface area contributed by atoms with Gasteiger partial charge in [0.05, 0.1) is 31.5 Å². The van der Waals surface area contributed by atoms with Crippen molar-refractivity contribution in [2.24, 2.45) is 0 Å². The highest BCUT2D eigenvalue weighted by Crippen LogP contribution is 2.34. The van der Waals surface area contributed by atoms with Gasteiger partial charge >= 0.3 is 12.1 Å². The van der Waals surface area contributed by atoms with E-state index in [1.807, 2.05) is 42.6 Å². The van der Waals surface area contributed by atoms with Gasteiger partial charge in [0.15, 0.2) is 5.82 Å². The molecule has 204 valence electrons. The van der Waals surface area contributed by atoms with Crippen LogP contribution in [0.2, 0.25) is 0 Å². The number of methoxy groups -OCH3 is 1. The highest BCUT2D eigenvalue weighted by molar-refractivity contribution is 5.82. The van der Waals surface area contributed by atoms with E-state index in [4.69, 9.17) is 19.3 Å². The predicted octanol–water partition coefficient (Wildman–Crippen LogP) is 4.47. The van der Waals surface area contributed by atoms with Crippen LogP contribution in [0.4, 0.5) is 10.6 Å². The Bertz CT molecular complexity index is 1310. The third-order valence-corrected chi connectivity index (χ3v) is 7.19. The molecule has 0 radical (unpaired) electrons. The molecule has 5 rings (SSSR count). The van der Waals surface area contributed by atoms with Crippen LogP contribution in [0.15, 0.2) is 24.4 Å². The number of anilines is 1. The van der Waals surface area contributed by atoms with Gasteiger partial charge < -0.3 is 24.0 Å². The predicted molar refractivity (Wildman–Crippen MR) is 145 cm³/mol. The lowest BCUT2D eigenvalue weighted by Gasteiger charge is -2.34. The second kappa shape index (κ2) is 10.4. The van der Waals surface area contributed by atoms with Gasteiger partial charge in [0.2, 0.25) is 0 Å². The van der Waals surface area contributed by atoms with Gasteiger partial charge in [0.1, 0.15) is 11.4 Å². The van der Waals surface area contributed by atoms with Crippen molar-refractivity contribution in [2.75, 3.05) is 44.8 Å². The first-order chi connectivity index (χ1) is 18.1. The maximum Gasteiger partial charge on any atom is 0.410 e. The minimum absolute atomic E-state index is 0.131. The molecule has 1 amide bonds. The van der Waals surface area contributed by atoms with Gasteiger partial charge in [-0.05, 0) is 76.6 Å². The number of piperidine rings is 1. The molecule has 0 spiro atoms. The van der Waals surface area contributed by atoms with Crippen molar-refractivity contribution in [2.45, 2.75) is 65.1 Å². The largest absolute Gasteiger partial charge is 0.467 e. The number of carbonyl (C=O) groups is 1. The van der Waals surface area contributed by atoms with Crippen LogP contribution < -0.4 is 9.64 Å². The SMILES string of the molecule is COc1nc(N2CCO[C@H](C)C2)cc(-n2ncc3cc(C)c(C4CCN(C(=O)OC(C)(C)C)CC4)cc32)n1. The summed E-state index contributed by atoms with van der Waals surface area (Å²) in [7, 11) is 1.58. The minimum atomic E-state index is -0.489. The Kier molecular flexibility index (Phi) is 7.17. The monoisotopic (exact) mass is 522 g/mol. The molecule has 10 nitrogen and oxygen atoms in total. The van der Waals surface area contributed by atoms with E-state index >= 15 is 0 Å². The Morgan fingerprint density at radius 3 is 2.50 bits per heavy atom. The quantitative estimate of drug-likeness (QED) is 0.495. The van der Waals surface area contributed by atoms with E-state index in [1.54, 1.807) is 7.11 Å². The number of likely N-dealkylation sites (tertiary alicyclic amines) is 1. The number of hydrogen-bond donors (Lipinski definition) is 0. The second-order valence-electron chi connectivity index (χ2n) is 11.3. The Morgan fingerprint density at radius 1 is 1.08 bits per heavy atom. The number of benzene rings is 1. The topological polar surface area (TPSA) is 94.8 Å². The van der Waals surface area contributed by atoms with Crippen molar-refractivity contribution in [1.82, 2.24) is 24.6 Å². The molecule has 2 aromatic heterocycles. The molecule has 2 aliphatic rings. The normalized spacial score (nSPS) is 19.2. The van der Waals surface area contributed by atoms with Gasteiger partial charge in [0.25, 0.3) is 0 Å². The zero-order chi connectivity index (χ0) is 27.0. The standard InChI is InChI=1S/C28H38N6O4/c1-18-13-21-16-29-34(25-15-24(30-26(31-25)36-6)33-11-12-37-19(2)17-33)23(21)14-22(18)20-7-9-32(10-8-20)27(35)38-28(3,4)5/h13-16,19-20H,7-12,17H2,1-6H3/t19-/m1/s1. The molecule has 0 N–H and O–H groups in total. The fraction of sp³-hybridized carbons (Fsp3) is 0.571. The maximum absolute atomic E-state index is 12.5. The van der Waals surface area contributed by atoms with Crippen molar-refractivity contribution in [3.63, 3.8) is 0 Å². The van der Waals surface area contributed by atoms with E-state index < -0.39 is 5.60 Å². The summed E-state index contributed by atoms with van der Waals surface area (Å²) in [6.45, 7) is 13.4. The highest BCUT2D eigenvalue weighted by Gasteiger charge is 2.29. The summed E-state index contributed by atoms with van der Waals surface area (Å²) in [6.07, 6.45) is 3.55. The highest BCUT2D eigenvalue weighted by atomic mass is 16.6. The van der Waals surface area contributed by atoms with E-state index in [1.165, 1.54) is 11.1 Å². The summed E-state index contributed by atoms with van der Waals surface area (Å²) >= 11 is 0. The molecule has 2 fully saturated rings. The summed E-state index contributed by atoms with van der Waals surface area (Å²) in [5, 5.41) is 5.75. The molecular weight excluding hydrogens is 484 g/mol. The van der Waals surface area contributed by atoms with Crippen LogP contribution in [0.25, 0.3) is 16.7 Å². The average Bonchev–Trinajstić information content (AvgIpc) is 3.29. The lowest BCUT2D eigenvalue weighted by atomic mass is 9.86. The minimum Gasteiger partial charge on any atom is -0.467 e. The fourth-order valence-electron chi connectivity index (χ4n) is 5.32. The molecule has 0 bridgehead atoms. The molecule has 3 aromatic rings. The number of carbonyl (C=O) groups excluding carboxylic acids is 1. The molecule has 2 saturated heterocycles. The van der Waals surface area contributed by atoms with E-state index in [9.17, 15) is 4.79 Å². The van der Waals surface area contributed by atoms with Crippen LogP contribution in [0, 0.1) is 6.92 Å². The molecule has 38 heavy (non-hydrogen) atoms. The van der Waals surface area contributed by atoms with Gasteiger partial charge in [-0.2, -0.15) is 15.1 Å². The number of amides is 1. The number of aryl methyl sites for hydroxylation is 1. The summed E-state index contributed by atoms with van der Waals surface area (Å²) in [5.41, 5.74) is 3.02. The van der Waals surface area contributed by atoms with Crippen LogP contribution in [0.5, 0.6) is 6.01 Å². The third-order valence-electron chi connectivity index (χ3n) is 7.19. The maximum atomic E-state index is 12.5. The van der Waals surface area contributed by atoms with Crippen LogP contribution in [-0.2, 0) is 9.47 Å². The fourth-order valence-corrected chi connectivity index (χ4v) is 5.32. The lowest BCUT2D eigenvalue weighted by Crippen LogP contribution is -2.41. The second-order valence-corrected chi connectivity index (χ2v) is 11.3. The van der Waals surface area contributed by atoms with Gasteiger partial charge in [-0.15, -0.1) is 0 Å². The molecule has 4 heterocycles. The molecule has 0 aliphatic carbocycles. The van der Waals surface area contributed by atoms with Gasteiger partial charge in [-0.3, -0.25) is 0 Å². The molecule has 0 saturated carbocycles. The van der Waals surface area contributed by atoms with Gasteiger partial charge in [-0.25, -0.2) is 9.48 Å². The van der Waals surface area contributed by atoms with Gasteiger partial charge in [-0.1, -0.05) is 0 Å². The Balaban J connectivity index is 1.42. The molecular formula is C28H38N6O4. The zero-order valence-corrected chi connectivity index (χ0v) is 23.2. The van der Waals surface area contributed by atoms with E-state index in [0.717, 1.165) is 42.7 Å². The number of morpholine rings is 1. The van der Waals surface area contributed by atoms with Crippen molar-refractivity contribution < 1.29 is 19.0 Å². The summed E-state index contributed by atoms with van der Waals surface area (Å²) < 4.78 is 18.6.